The van der Waals surface area contributed by atoms with Gasteiger partial charge in [-0.25, -0.2) is 0 Å². The van der Waals surface area contributed by atoms with E-state index in [1.807, 2.05) is 14.1 Å². The lowest BCUT2D eigenvalue weighted by Crippen LogP contribution is -2.52. The number of nitrogens with one attached hydrogen (secondary N) is 2. The predicted octanol–water partition coefficient (Wildman–Crippen LogP) is -0.511. The number of nitrogens with zero attached hydrogens (tertiary/aromatic N) is 1. The standard InChI is InChI=1S/C16H29N3O4/c1-19(2)9-15(21)18-13-6-5-12(23-14(13)10-20)7-8-17-16(22)11-3-4-11/h11-14,20H,3-10H2,1-2H3,(H,17,22)(H,18,21)/t12-,13-,14+/m1/s1. The van der Waals surface area contributed by atoms with Crippen molar-refractivity contribution in [3.63, 3.8) is 0 Å². The molecule has 1 heterocycles. The van der Waals surface area contributed by atoms with E-state index in [0.29, 0.717) is 13.1 Å². The number of hydrogen-bond donors (Lipinski definition) is 3. The van der Waals surface area contributed by atoms with Crippen molar-refractivity contribution in [1.29, 1.82) is 0 Å². The SMILES string of the molecule is CN(C)CC(=O)N[C@@H]1CC[C@H](CCNC(=O)C2CC2)O[C@H]1CO. The Bertz CT molecular complexity index is 412. The van der Waals surface area contributed by atoms with Crippen molar-refractivity contribution in [2.75, 3.05) is 33.8 Å². The van der Waals surface area contributed by atoms with Crippen LogP contribution in [0, 0.1) is 5.92 Å². The molecule has 1 saturated carbocycles. The minimum Gasteiger partial charge on any atom is -0.394 e. The Morgan fingerprint density at radius 2 is 1.96 bits per heavy atom. The van der Waals surface area contributed by atoms with Gasteiger partial charge in [-0.05, 0) is 46.2 Å². The van der Waals surface area contributed by atoms with Gasteiger partial charge in [-0.2, -0.15) is 0 Å². The summed E-state index contributed by atoms with van der Waals surface area (Å²) in [4.78, 5) is 25.2. The molecule has 2 aliphatic rings. The lowest BCUT2D eigenvalue weighted by atomic mass is 9.97. The number of aliphatic hydroxyl groups is 1. The zero-order chi connectivity index (χ0) is 16.8. The quantitative estimate of drug-likeness (QED) is 0.558. The summed E-state index contributed by atoms with van der Waals surface area (Å²) in [6, 6.07) is -0.148. The summed E-state index contributed by atoms with van der Waals surface area (Å²) in [6.07, 6.45) is 4.01. The van der Waals surface area contributed by atoms with Gasteiger partial charge in [-0.1, -0.05) is 0 Å². The van der Waals surface area contributed by atoms with Crippen LogP contribution in [0.15, 0.2) is 0 Å². The molecule has 0 aromatic rings. The first-order valence-electron chi connectivity index (χ1n) is 8.47. The van der Waals surface area contributed by atoms with Crippen molar-refractivity contribution in [1.82, 2.24) is 15.5 Å². The Balaban J connectivity index is 1.69. The molecule has 132 valence electrons. The topological polar surface area (TPSA) is 90.9 Å². The smallest absolute Gasteiger partial charge is 0.234 e. The largest absolute Gasteiger partial charge is 0.394 e. The van der Waals surface area contributed by atoms with Crippen molar-refractivity contribution in [2.45, 2.75) is 50.4 Å². The Labute approximate surface area is 137 Å². The molecule has 1 saturated heterocycles. The van der Waals surface area contributed by atoms with Crippen molar-refractivity contribution in [3.8, 4) is 0 Å². The fraction of sp³-hybridized carbons (Fsp3) is 0.875. The number of aliphatic hydroxyl groups excluding tert-OH is 1. The highest BCUT2D eigenvalue weighted by atomic mass is 16.5. The van der Waals surface area contributed by atoms with Crippen LogP contribution in [-0.4, -0.2) is 73.9 Å². The second-order valence-electron chi connectivity index (χ2n) is 6.82. The van der Waals surface area contributed by atoms with E-state index in [2.05, 4.69) is 10.6 Å². The molecule has 2 rings (SSSR count). The third-order valence-corrected chi connectivity index (χ3v) is 4.32. The number of ether oxygens (including phenoxy) is 1. The van der Waals surface area contributed by atoms with Crippen LogP contribution < -0.4 is 10.6 Å². The zero-order valence-corrected chi connectivity index (χ0v) is 14.1. The van der Waals surface area contributed by atoms with Crippen LogP contribution in [0.3, 0.4) is 0 Å². The van der Waals surface area contributed by atoms with Crippen molar-refractivity contribution >= 4 is 11.8 Å². The summed E-state index contributed by atoms with van der Waals surface area (Å²) in [5, 5.41) is 15.4. The number of carbonyl (C=O) groups excluding carboxylic acids is 2. The van der Waals surface area contributed by atoms with E-state index in [0.717, 1.165) is 32.1 Å². The molecule has 1 aliphatic carbocycles. The van der Waals surface area contributed by atoms with Gasteiger partial charge in [0.15, 0.2) is 0 Å². The lowest BCUT2D eigenvalue weighted by Gasteiger charge is -2.36. The first-order valence-corrected chi connectivity index (χ1v) is 8.47. The maximum absolute atomic E-state index is 11.8. The van der Waals surface area contributed by atoms with Crippen LogP contribution in [0.25, 0.3) is 0 Å². The third kappa shape index (κ3) is 6.08. The molecule has 0 aromatic carbocycles. The number of rotatable bonds is 8. The highest BCUT2D eigenvalue weighted by Gasteiger charge is 2.32. The monoisotopic (exact) mass is 327 g/mol. The second-order valence-corrected chi connectivity index (χ2v) is 6.82. The van der Waals surface area contributed by atoms with Gasteiger partial charge in [0, 0.05) is 12.5 Å². The Morgan fingerprint density at radius 1 is 1.22 bits per heavy atom. The molecule has 0 radical (unpaired) electrons. The molecule has 23 heavy (non-hydrogen) atoms. The number of hydrogen-bond acceptors (Lipinski definition) is 5. The van der Waals surface area contributed by atoms with Crippen LogP contribution >= 0.6 is 0 Å². The summed E-state index contributed by atoms with van der Waals surface area (Å²) >= 11 is 0. The van der Waals surface area contributed by atoms with Crippen LogP contribution in [0.5, 0.6) is 0 Å². The lowest BCUT2D eigenvalue weighted by molar-refractivity contribution is -0.129. The fourth-order valence-electron chi connectivity index (χ4n) is 2.90. The van der Waals surface area contributed by atoms with E-state index >= 15 is 0 Å². The number of likely N-dealkylation sites (N-methyl/N-ethyl adjacent to an activating group) is 1. The molecule has 0 aromatic heterocycles. The van der Waals surface area contributed by atoms with Crippen LogP contribution in [0.1, 0.15) is 32.1 Å². The van der Waals surface area contributed by atoms with E-state index in [-0.39, 0.29) is 42.6 Å². The van der Waals surface area contributed by atoms with Gasteiger partial charge in [0.05, 0.1) is 25.3 Å². The van der Waals surface area contributed by atoms with Crippen molar-refractivity contribution in [3.05, 3.63) is 0 Å². The highest BCUT2D eigenvalue weighted by Crippen LogP contribution is 2.28. The van der Waals surface area contributed by atoms with Crippen molar-refractivity contribution in [2.24, 2.45) is 5.92 Å². The molecule has 3 atom stereocenters. The Morgan fingerprint density at radius 3 is 2.57 bits per heavy atom. The van der Waals surface area contributed by atoms with E-state index in [9.17, 15) is 14.7 Å². The van der Waals surface area contributed by atoms with Gasteiger partial charge >= 0.3 is 0 Å². The first-order chi connectivity index (χ1) is 11.0. The average Bonchev–Trinajstić information content (AvgIpc) is 3.32. The Hall–Kier alpha value is -1.18. The van der Waals surface area contributed by atoms with E-state index in [4.69, 9.17) is 4.74 Å². The Kier molecular flexibility index (Phi) is 6.80. The molecule has 3 N–H and O–H groups in total. The van der Waals surface area contributed by atoms with Gasteiger partial charge in [0.2, 0.25) is 11.8 Å². The molecule has 0 unspecified atom stereocenters. The number of carbonyl (C=O) groups is 2. The fourth-order valence-corrected chi connectivity index (χ4v) is 2.90. The summed E-state index contributed by atoms with van der Waals surface area (Å²) < 4.78 is 5.88. The van der Waals surface area contributed by atoms with Crippen LogP contribution in [0.4, 0.5) is 0 Å². The average molecular weight is 327 g/mol. The molecular formula is C16H29N3O4. The van der Waals surface area contributed by atoms with Gasteiger partial charge < -0.3 is 25.4 Å². The molecular weight excluding hydrogens is 298 g/mol. The van der Waals surface area contributed by atoms with E-state index in [1.54, 1.807) is 4.90 Å². The van der Waals surface area contributed by atoms with Crippen molar-refractivity contribution < 1.29 is 19.4 Å². The zero-order valence-electron chi connectivity index (χ0n) is 14.1. The molecule has 7 heteroatoms. The molecule has 7 nitrogen and oxygen atoms in total. The summed E-state index contributed by atoms with van der Waals surface area (Å²) in [5.41, 5.74) is 0. The van der Waals surface area contributed by atoms with E-state index in [1.165, 1.54) is 0 Å². The maximum Gasteiger partial charge on any atom is 0.234 e. The minimum atomic E-state index is -0.376. The van der Waals surface area contributed by atoms with Gasteiger partial charge in [-0.3, -0.25) is 9.59 Å². The molecule has 2 fully saturated rings. The molecule has 0 bridgehead atoms. The summed E-state index contributed by atoms with van der Waals surface area (Å²) in [7, 11) is 3.68. The summed E-state index contributed by atoms with van der Waals surface area (Å²) in [5.74, 6) is 0.314. The van der Waals surface area contributed by atoms with Gasteiger partial charge in [0.1, 0.15) is 6.10 Å². The molecule has 0 spiro atoms. The van der Waals surface area contributed by atoms with Crippen LogP contribution in [-0.2, 0) is 14.3 Å². The van der Waals surface area contributed by atoms with Gasteiger partial charge in [-0.15, -0.1) is 0 Å². The van der Waals surface area contributed by atoms with E-state index < -0.39 is 0 Å². The van der Waals surface area contributed by atoms with Crippen LogP contribution in [0.2, 0.25) is 0 Å². The first kappa shape index (κ1) is 18.2. The molecule has 1 aliphatic heterocycles. The highest BCUT2D eigenvalue weighted by molar-refractivity contribution is 5.80. The predicted molar refractivity (Wildman–Crippen MR) is 85.8 cm³/mol. The van der Waals surface area contributed by atoms with Gasteiger partial charge in [0.25, 0.3) is 0 Å². The normalized spacial score (nSPS) is 27.7. The maximum atomic E-state index is 11.8. The summed E-state index contributed by atoms with van der Waals surface area (Å²) in [6.45, 7) is 0.818. The minimum absolute atomic E-state index is 0.0219. The third-order valence-electron chi connectivity index (χ3n) is 4.32. The number of amides is 2. The second kappa shape index (κ2) is 8.61. The molecule has 2 amide bonds.